The molecular formula is C13H17Cl2NO3. The first kappa shape index (κ1) is 14.9. The molecule has 4 nitrogen and oxygen atoms in total. The molecule has 0 radical (unpaired) electrons. The van der Waals surface area contributed by atoms with Crippen molar-refractivity contribution < 1.29 is 14.2 Å². The maximum absolute atomic E-state index is 6.05. The molecule has 0 N–H and O–H groups in total. The summed E-state index contributed by atoms with van der Waals surface area (Å²) in [6.45, 7) is 1.67. The van der Waals surface area contributed by atoms with Crippen molar-refractivity contribution in [3.63, 3.8) is 0 Å². The zero-order valence-electron chi connectivity index (χ0n) is 10.6. The molecule has 1 atom stereocenters. The van der Waals surface area contributed by atoms with E-state index in [0.29, 0.717) is 29.9 Å². The lowest BCUT2D eigenvalue weighted by Gasteiger charge is -2.22. The molecule has 0 saturated carbocycles. The maximum atomic E-state index is 6.05. The minimum absolute atomic E-state index is 0.0930. The SMILES string of the molecule is ClCc1cc(Cl)c(OCCOC2CCCCO2)cn1. The largest absolute Gasteiger partial charge is 0.488 e. The number of alkyl halides is 1. The number of hydrogen-bond donors (Lipinski definition) is 0. The van der Waals surface area contributed by atoms with Gasteiger partial charge in [-0.2, -0.15) is 0 Å². The molecule has 1 saturated heterocycles. The van der Waals surface area contributed by atoms with Crippen molar-refractivity contribution in [3.8, 4) is 5.75 Å². The lowest BCUT2D eigenvalue weighted by molar-refractivity contribution is -0.165. The first-order valence-electron chi connectivity index (χ1n) is 6.36. The molecule has 0 amide bonds. The fraction of sp³-hybridized carbons (Fsp3) is 0.615. The molecule has 0 aromatic carbocycles. The molecule has 0 aliphatic carbocycles. The summed E-state index contributed by atoms with van der Waals surface area (Å²) in [7, 11) is 0. The van der Waals surface area contributed by atoms with E-state index in [2.05, 4.69) is 4.98 Å². The van der Waals surface area contributed by atoms with Gasteiger partial charge in [0.2, 0.25) is 0 Å². The van der Waals surface area contributed by atoms with Crippen LogP contribution in [-0.2, 0) is 15.4 Å². The van der Waals surface area contributed by atoms with Gasteiger partial charge in [0.1, 0.15) is 6.61 Å². The van der Waals surface area contributed by atoms with Gasteiger partial charge >= 0.3 is 0 Å². The normalized spacial score (nSPS) is 19.4. The predicted molar refractivity (Wildman–Crippen MR) is 73.8 cm³/mol. The summed E-state index contributed by atoms with van der Waals surface area (Å²) in [5.74, 6) is 0.881. The van der Waals surface area contributed by atoms with Crippen molar-refractivity contribution in [3.05, 3.63) is 23.0 Å². The molecule has 2 rings (SSSR count). The smallest absolute Gasteiger partial charge is 0.157 e. The minimum atomic E-state index is -0.0930. The number of nitrogens with zero attached hydrogens (tertiary/aromatic N) is 1. The average molecular weight is 306 g/mol. The fourth-order valence-corrected chi connectivity index (χ4v) is 2.19. The van der Waals surface area contributed by atoms with Gasteiger partial charge in [-0.05, 0) is 25.3 Å². The van der Waals surface area contributed by atoms with Gasteiger partial charge in [-0.15, -0.1) is 11.6 Å². The third-order valence-electron chi connectivity index (χ3n) is 2.80. The topological polar surface area (TPSA) is 40.6 Å². The van der Waals surface area contributed by atoms with E-state index in [1.807, 2.05) is 0 Å². The minimum Gasteiger partial charge on any atom is -0.488 e. The van der Waals surface area contributed by atoms with E-state index < -0.39 is 0 Å². The van der Waals surface area contributed by atoms with Gasteiger partial charge in [0.05, 0.1) is 29.4 Å². The number of ether oxygens (including phenoxy) is 3. The molecule has 2 heterocycles. The number of rotatable bonds is 6. The van der Waals surface area contributed by atoms with E-state index in [0.717, 1.165) is 31.6 Å². The maximum Gasteiger partial charge on any atom is 0.157 e. The van der Waals surface area contributed by atoms with Crippen LogP contribution in [0.1, 0.15) is 25.0 Å². The van der Waals surface area contributed by atoms with Gasteiger partial charge in [-0.25, -0.2) is 0 Å². The molecule has 1 aliphatic rings. The number of halogens is 2. The predicted octanol–water partition coefficient (Wildman–Crippen LogP) is 3.40. The van der Waals surface area contributed by atoms with E-state index in [1.165, 1.54) is 0 Å². The first-order chi connectivity index (χ1) is 9.29. The van der Waals surface area contributed by atoms with Gasteiger partial charge in [0.25, 0.3) is 0 Å². The molecule has 1 aromatic heterocycles. The summed E-state index contributed by atoms with van der Waals surface area (Å²) >= 11 is 11.7. The Balaban J connectivity index is 1.70. The van der Waals surface area contributed by atoms with Gasteiger partial charge < -0.3 is 14.2 Å². The Labute approximate surface area is 123 Å². The van der Waals surface area contributed by atoms with Crippen LogP contribution in [-0.4, -0.2) is 31.1 Å². The van der Waals surface area contributed by atoms with Crippen molar-refractivity contribution >= 4 is 23.2 Å². The van der Waals surface area contributed by atoms with Crippen LogP contribution in [0.4, 0.5) is 0 Å². The molecule has 1 unspecified atom stereocenters. The Kier molecular flexibility index (Phi) is 6.17. The highest BCUT2D eigenvalue weighted by Crippen LogP contribution is 2.24. The molecule has 1 aromatic rings. The van der Waals surface area contributed by atoms with Gasteiger partial charge in [-0.3, -0.25) is 4.98 Å². The average Bonchev–Trinajstić information content (AvgIpc) is 2.46. The second-order valence-corrected chi connectivity index (χ2v) is 4.93. The molecule has 1 aliphatic heterocycles. The van der Waals surface area contributed by atoms with E-state index in [1.54, 1.807) is 12.3 Å². The first-order valence-corrected chi connectivity index (χ1v) is 7.27. The van der Waals surface area contributed by atoms with Crippen LogP contribution in [0.3, 0.4) is 0 Å². The molecular weight excluding hydrogens is 289 g/mol. The van der Waals surface area contributed by atoms with E-state index in [9.17, 15) is 0 Å². The van der Waals surface area contributed by atoms with Crippen LogP contribution in [0, 0.1) is 0 Å². The zero-order valence-corrected chi connectivity index (χ0v) is 12.1. The van der Waals surface area contributed by atoms with Gasteiger partial charge in [0, 0.05) is 6.61 Å². The van der Waals surface area contributed by atoms with Crippen molar-refractivity contribution in [2.75, 3.05) is 19.8 Å². The summed E-state index contributed by atoms with van der Waals surface area (Å²) in [6.07, 6.45) is 4.71. The quantitative estimate of drug-likeness (QED) is 0.596. The lowest BCUT2D eigenvalue weighted by Crippen LogP contribution is -2.24. The third kappa shape index (κ3) is 4.80. The summed E-state index contributed by atoms with van der Waals surface area (Å²) in [4.78, 5) is 4.12. The Morgan fingerprint density at radius 3 is 2.95 bits per heavy atom. The Bertz CT molecular complexity index is 397. The molecule has 0 spiro atoms. The van der Waals surface area contributed by atoms with E-state index in [4.69, 9.17) is 37.4 Å². The standard InChI is InChI=1S/C13H17Cl2NO3/c14-8-10-7-11(15)12(9-16-10)17-5-6-19-13-3-1-2-4-18-13/h7,9,13H,1-6,8H2. The summed E-state index contributed by atoms with van der Waals surface area (Å²) < 4.78 is 16.5. The number of aromatic nitrogens is 1. The molecule has 6 heteroatoms. The van der Waals surface area contributed by atoms with Crippen LogP contribution >= 0.6 is 23.2 Å². The number of hydrogen-bond acceptors (Lipinski definition) is 4. The molecule has 0 bridgehead atoms. The summed E-state index contributed by atoms with van der Waals surface area (Å²) in [5, 5.41) is 0.513. The van der Waals surface area contributed by atoms with Crippen molar-refractivity contribution in [1.82, 2.24) is 4.98 Å². The summed E-state index contributed by atoms with van der Waals surface area (Å²) in [6, 6.07) is 1.70. The Hall–Kier alpha value is -0.550. The van der Waals surface area contributed by atoms with Crippen LogP contribution in [0.15, 0.2) is 12.3 Å². The monoisotopic (exact) mass is 305 g/mol. The van der Waals surface area contributed by atoms with Gasteiger partial charge in [-0.1, -0.05) is 11.6 Å². The third-order valence-corrected chi connectivity index (χ3v) is 3.37. The summed E-state index contributed by atoms with van der Waals surface area (Å²) in [5.41, 5.74) is 0.728. The zero-order chi connectivity index (χ0) is 13.5. The molecule has 1 fully saturated rings. The fourth-order valence-electron chi connectivity index (χ4n) is 1.81. The van der Waals surface area contributed by atoms with Crippen LogP contribution in [0.5, 0.6) is 5.75 Å². The number of pyridine rings is 1. The lowest BCUT2D eigenvalue weighted by atomic mass is 10.2. The van der Waals surface area contributed by atoms with Crippen molar-refractivity contribution in [1.29, 1.82) is 0 Å². The van der Waals surface area contributed by atoms with Crippen molar-refractivity contribution in [2.45, 2.75) is 31.4 Å². The highest BCUT2D eigenvalue weighted by atomic mass is 35.5. The van der Waals surface area contributed by atoms with Gasteiger partial charge in [0.15, 0.2) is 12.0 Å². The second kappa shape index (κ2) is 7.90. The molecule has 19 heavy (non-hydrogen) atoms. The van der Waals surface area contributed by atoms with Crippen LogP contribution in [0.2, 0.25) is 5.02 Å². The van der Waals surface area contributed by atoms with Crippen LogP contribution < -0.4 is 4.74 Å². The molecule has 106 valence electrons. The highest BCUT2D eigenvalue weighted by molar-refractivity contribution is 6.32. The highest BCUT2D eigenvalue weighted by Gasteiger charge is 2.13. The van der Waals surface area contributed by atoms with E-state index >= 15 is 0 Å². The van der Waals surface area contributed by atoms with Crippen LogP contribution in [0.25, 0.3) is 0 Å². The van der Waals surface area contributed by atoms with E-state index in [-0.39, 0.29) is 6.29 Å². The van der Waals surface area contributed by atoms with Crippen molar-refractivity contribution in [2.24, 2.45) is 0 Å². The second-order valence-electron chi connectivity index (χ2n) is 4.26. The Morgan fingerprint density at radius 2 is 2.26 bits per heavy atom. The Morgan fingerprint density at radius 1 is 1.37 bits per heavy atom.